The zero-order valence-electron chi connectivity index (χ0n) is 9.82. The monoisotopic (exact) mass is 254 g/mol. The number of rotatable bonds is 2. The van der Waals surface area contributed by atoms with Gasteiger partial charge in [0.2, 0.25) is 0 Å². The number of phenols is 1. The summed E-state index contributed by atoms with van der Waals surface area (Å²) in [6, 6.07) is 12.1. The third-order valence-electron chi connectivity index (χ3n) is 2.59. The van der Waals surface area contributed by atoms with E-state index in [1.807, 2.05) is 24.3 Å². The van der Waals surface area contributed by atoms with Crippen LogP contribution in [0.2, 0.25) is 0 Å². The maximum absolute atomic E-state index is 9.49. The molecule has 0 saturated carbocycles. The topological polar surface area (TPSA) is 94.2 Å². The van der Waals surface area contributed by atoms with Crippen molar-refractivity contribution in [2.24, 2.45) is 0 Å². The molecule has 0 saturated heterocycles. The highest BCUT2D eigenvalue weighted by molar-refractivity contribution is 5.73. The van der Waals surface area contributed by atoms with E-state index in [0.717, 1.165) is 0 Å². The van der Waals surface area contributed by atoms with Gasteiger partial charge < -0.3 is 15.6 Å². The molecule has 1 aromatic heterocycles. The molecule has 0 aliphatic carbocycles. The summed E-state index contributed by atoms with van der Waals surface area (Å²) in [5.41, 5.74) is 7.18. The molecule has 2 aromatic carbocycles. The number of nitrogens with two attached hydrogens (primary N) is 1. The highest BCUT2D eigenvalue weighted by Gasteiger charge is 2.08. The minimum Gasteiger partial charge on any atom is -0.506 e. The molecule has 1 heterocycles. The number of nitrogen functional groups attached to an aromatic ring is 1. The number of hydrogen-bond acceptors (Lipinski definition) is 6. The van der Waals surface area contributed by atoms with E-state index < -0.39 is 0 Å². The summed E-state index contributed by atoms with van der Waals surface area (Å²) in [5.74, 6) is 0.239. The van der Waals surface area contributed by atoms with Crippen molar-refractivity contribution >= 4 is 16.7 Å². The van der Waals surface area contributed by atoms with Crippen molar-refractivity contribution in [2.75, 3.05) is 5.73 Å². The van der Waals surface area contributed by atoms with E-state index in [2.05, 4.69) is 15.2 Å². The van der Waals surface area contributed by atoms with Gasteiger partial charge in [0.05, 0.1) is 5.52 Å². The standard InChI is InChI=1S/C13H10N4O2/c14-12-10(18)6-3-7-11(12)19-13-15-8-4-1-2-5-9(8)16-17-13/h1-7,18H,14H2. The Kier molecular flexibility index (Phi) is 2.60. The second kappa shape index (κ2) is 4.41. The summed E-state index contributed by atoms with van der Waals surface area (Å²) in [4.78, 5) is 4.21. The summed E-state index contributed by atoms with van der Waals surface area (Å²) < 4.78 is 5.43. The molecule has 3 aromatic rings. The van der Waals surface area contributed by atoms with Crippen LogP contribution >= 0.6 is 0 Å². The maximum Gasteiger partial charge on any atom is 0.341 e. The first-order valence-electron chi connectivity index (χ1n) is 5.59. The van der Waals surface area contributed by atoms with Crippen LogP contribution < -0.4 is 10.5 Å². The number of fused-ring (bicyclic) bond motifs is 1. The van der Waals surface area contributed by atoms with Gasteiger partial charge in [-0.2, -0.15) is 4.98 Å². The third-order valence-corrected chi connectivity index (χ3v) is 2.59. The van der Waals surface area contributed by atoms with Crippen LogP contribution in [0.3, 0.4) is 0 Å². The van der Waals surface area contributed by atoms with E-state index in [0.29, 0.717) is 11.0 Å². The molecule has 0 amide bonds. The normalized spacial score (nSPS) is 10.5. The first kappa shape index (κ1) is 11.2. The first-order valence-corrected chi connectivity index (χ1v) is 5.59. The molecule has 94 valence electrons. The van der Waals surface area contributed by atoms with E-state index in [9.17, 15) is 5.11 Å². The molecule has 0 aliphatic heterocycles. The average Bonchev–Trinajstić information content (AvgIpc) is 2.44. The Balaban J connectivity index is 1.99. The predicted octanol–water partition coefficient (Wildman–Crippen LogP) is 2.10. The van der Waals surface area contributed by atoms with Crippen LogP contribution in [-0.2, 0) is 0 Å². The SMILES string of the molecule is Nc1c(O)cccc1Oc1nnc2ccccc2n1. The number of nitrogens with zero attached hydrogens (tertiary/aromatic N) is 3. The fourth-order valence-electron chi connectivity index (χ4n) is 1.63. The molecule has 0 unspecified atom stereocenters. The second-order valence-corrected chi connectivity index (χ2v) is 3.87. The molecule has 6 heteroatoms. The molecule has 0 fully saturated rings. The molecular weight excluding hydrogens is 244 g/mol. The van der Waals surface area contributed by atoms with Crippen LogP contribution in [0, 0.1) is 0 Å². The lowest BCUT2D eigenvalue weighted by atomic mass is 10.3. The average molecular weight is 254 g/mol. The second-order valence-electron chi connectivity index (χ2n) is 3.87. The number of benzene rings is 2. The van der Waals surface area contributed by atoms with Crippen LogP contribution in [0.25, 0.3) is 11.0 Å². The molecular formula is C13H10N4O2. The lowest BCUT2D eigenvalue weighted by Crippen LogP contribution is -1.98. The molecule has 0 spiro atoms. The van der Waals surface area contributed by atoms with E-state index in [-0.39, 0.29) is 23.2 Å². The van der Waals surface area contributed by atoms with Crippen LogP contribution in [0.15, 0.2) is 42.5 Å². The van der Waals surface area contributed by atoms with Crippen LogP contribution in [0.1, 0.15) is 0 Å². The van der Waals surface area contributed by atoms with Gasteiger partial charge in [-0.25, -0.2) is 0 Å². The molecule has 0 aliphatic rings. The van der Waals surface area contributed by atoms with Crippen molar-refractivity contribution in [3.05, 3.63) is 42.5 Å². The van der Waals surface area contributed by atoms with Gasteiger partial charge in [0.15, 0.2) is 5.75 Å². The van der Waals surface area contributed by atoms with Crippen LogP contribution in [-0.4, -0.2) is 20.3 Å². The molecule has 0 bridgehead atoms. The number of hydrogen-bond donors (Lipinski definition) is 2. The highest BCUT2D eigenvalue weighted by Crippen LogP contribution is 2.32. The summed E-state index contributed by atoms with van der Waals surface area (Å²) >= 11 is 0. The molecule has 6 nitrogen and oxygen atoms in total. The van der Waals surface area contributed by atoms with Crippen molar-refractivity contribution < 1.29 is 9.84 Å². The van der Waals surface area contributed by atoms with Gasteiger partial charge in [-0.3, -0.25) is 0 Å². The van der Waals surface area contributed by atoms with Gasteiger partial charge in [-0.15, -0.1) is 5.10 Å². The molecule has 0 atom stereocenters. The van der Waals surface area contributed by atoms with Gasteiger partial charge in [-0.05, 0) is 24.3 Å². The van der Waals surface area contributed by atoms with Gasteiger partial charge in [0.1, 0.15) is 17.0 Å². The Hall–Kier alpha value is -2.89. The predicted molar refractivity (Wildman–Crippen MR) is 69.9 cm³/mol. The van der Waals surface area contributed by atoms with Gasteiger partial charge in [0.25, 0.3) is 0 Å². The smallest absolute Gasteiger partial charge is 0.341 e. The minimum absolute atomic E-state index is 0.0498. The Morgan fingerprint density at radius 2 is 1.74 bits per heavy atom. The summed E-state index contributed by atoms with van der Waals surface area (Å²) in [5, 5.41) is 17.3. The van der Waals surface area contributed by atoms with Crippen molar-refractivity contribution in [3.8, 4) is 17.5 Å². The largest absolute Gasteiger partial charge is 0.506 e. The number of anilines is 1. The quantitative estimate of drug-likeness (QED) is 0.537. The van der Waals surface area contributed by atoms with E-state index >= 15 is 0 Å². The minimum atomic E-state index is -0.0498. The van der Waals surface area contributed by atoms with Gasteiger partial charge >= 0.3 is 6.01 Å². The Bertz CT molecular complexity index is 746. The summed E-state index contributed by atoms with van der Waals surface area (Å²) in [7, 11) is 0. The lowest BCUT2D eigenvalue weighted by molar-refractivity contribution is 0.431. The summed E-state index contributed by atoms with van der Waals surface area (Å²) in [6.45, 7) is 0. The van der Waals surface area contributed by atoms with Crippen molar-refractivity contribution in [3.63, 3.8) is 0 Å². The molecule has 19 heavy (non-hydrogen) atoms. The number of phenolic OH excluding ortho intramolecular Hbond substituents is 1. The number of aromatic hydroxyl groups is 1. The Morgan fingerprint density at radius 1 is 0.947 bits per heavy atom. The Morgan fingerprint density at radius 3 is 2.58 bits per heavy atom. The van der Waals surface area contributed by atoms with E-state index in [4.69, 9.17) is 10.5 Å². The summed E-state index contributed by atoms with van der Waals surface area (Å²) in [6.07, 6.45) is 0. The van der Waals surface area contributed by atoms with Crippen molar-refractivity contribution in [1.82, 2.24) is 15.2 Å². The number of ether oxygens (including phenoxy) is 1. The van der Waals surface area contributed by atoms with Gasteiger partial charge in [0, 0.05) is 0 Å². The highest BCUT2D eigenvalue weighted by atomic mass is 16.5. The van der Waals surface area contributed by atoms with Crippen LogP contribution in [0.5, 0.6) is 17.5 Å². The van der Waals surface area contributed by atoms with Crippen molar-refractivity contribution in [2.45, 2.75) is 0 Å². The van der Waals surface area contributed by atoms with E-state index in [1.54, 1.807) is 12.1 Å². The third kappa shape index (κ3) is 2.11. The number of aromatic nitrogens is 3. The molecule has 3 rings (SSSR count). The van der Waals surface area contributed by atoms with Crippen molar-refractivity contribution in [1.29, 1.82) is 0 Å². The maximum atomic E-state index is 9.49. The fourth-order valence-corrected chi connectivity index (χ4v) is 1.63. The Labute approximate surface area is 108 Å². The zero-order chi connectivity index (χ0) is 13.2. The van der Waals surface area contributed by atoms with Gasteiger partial charge in [-0.1, -0.05) is 23.3 Å². The molecule has 3 N–H and O–H groups in total. The van der Waals surface area contributed by atoms with Crippen LogP contribution in [0.4, 0.5) is 5.69 Å². The lowest BCUT2D eigenvalue weighted by Gasteiger charge is -2.07. The van der Waals surface area contributed by atoms with E-state index in [1.165, 1.54) is 6.07 Å². The zero-order valence-corrected chi connectivity index (χ0v) is 9.82. The first-order chi connectivity index (χ1) is 9.24. The fraction of sp³-hybridized carbons (Fsp3) is 0. The number of para-hydroxylation sites is 2. The molecule has 0 radical (unpaired) electrons.